The lowest BCUT2D eigenvalue weighted by molar-refractivity contribution is 0.485. The van der Waals surface area contributed by atoms with Crippen LogP contribution in [0.2, 0.25) is 0 Å². The van der Waals surface area contributed by atoms with Crippen molar-refractivity contribution in [1.29, 1.82) is 0 Å². The van der Waals surface area contributed by atoms with E-state index in [1.54, 1.807) is 0 Å². The molecule has 0 atom stereocenters. The van der Waals surface area contributed by atoms with Crippen molar-refractivity contribution in [3.63, 3.8) is 0 Å². The van der Waals surface area contributed by atoms with Gasteiger partial charge in [0.05, 0.1) is 5.69 Å². The molecule has 0 bridgehead atoms. The zero-order valence-corrected chi connectivity index (χ0v) is 10.4. The zero-order chi connectivity index (χ0) is 12.0. The second kappa shape index (κ2) is 3.60. The highest BCUT2D eigenvalue weighted by Crippen LogP contribution is 2.38. The largest absolute Gasteiger partial charge is 0.498 e. The van der Waals surface area contributed by atoms with Crippen LogP contribution in [0.4, 0.5) is 0 Å². The fourth-order valence-electron chi connectivity index (χ4n) is 2.05. The number of para-hydroxylation sites is 1. The van der Waals surface area contributed by atoms with E-state index in [0.29, 0.717) is 10.8 Å². The summed E-state index contributed by atoms with van der Waals surface area (Å²) in [6.07, 6.45) is 0. The number of aryl methyl sites for hydroxylation is 2. The first kappa shape index (κ1) is 10.4. The molecule has 3 rings (SSSR count). The fourth-order valence-corrected chi connectivity index (χ4v) is 2.97. The Balaban J connectivity index is 2.33. The zero-order valence-electron chi connectivity index (χ0n) is 9.61. The highest BCUT2D eigenvalue weighted by atomic mass is 32.1. The minimum absolute atomic E-state index is 0.296. The summed E-state index contributed by atoms with van der Waals surface area (Å²) in [6.45, 7) is 3.85. The van der Waals surface area contributed by atoms with E-state index in [4.69, 9.17) is 0 Å². The molecule has 4 heteroatoms. The molecule has 17 heavy (non-hydrogen) atoms. The van der Waals surface area contributed by atoms with E-state index in [2.05, 4.69) is 16.0 Å². The van der Waals surface area contributed by atoms with Crippen molar-refractivity contribution >= 4 is 22.2 Å². The van der Waals surface area contributed by atoms with Crippen LogP contribution in [0, 0.1) is 13.8 Å². The number of H-pyrrole nitrogens is 1. The lowest BCUT2D eigenvalue weighted by atomic mass is 10.1. The topological polar surface area (TPSA) is 48.9 Å². The van der Waals surface area contributed by atoms with Crippen molar-refractivity contribution in [2.45, 2.75) is 13.8 Å². The Kier molecular flexibility index (Phi) is 2.19. The molecular weight excluding hydrogens is 232 g/mol. The molecule has 2 heterocycles. The normalized spacial score (nSPS) is 11.2. The summed E-state index contributed by atoms with van der Waals surface area (Å²) in [7, 11) is 0. The maximum atomic E-state index is 9.65. The average molecular weight is 244 g/mol. The molecule has 0 aliphatic carbocycles. The van der Waals surface area contributed by atoms with Crippen LogP contribution in [0.1, 0.15) is 11.4 Å². The lowest BCUT2D eigenvalue weighted by Crippen LogP contribution is -1.78. The number of hydrogen-bond donors (Lipinski definition) is 2. The molecule has 3 aromatic rings. The summed E-state index contributed by atoms with van der Waals surface area (Å²) in [5.74, 6) is 0. The minimum atomic E-state index is 0.296. The van der Waals surface area contributed by atoms with Gasteiger partial charge in [-0.3, -0.25) is 0 Å². The van der Waals surface area contributed by atoms with E-state index in [-0.39, 0.29) is 0 Å². The van der Waals surface area contributed by atoms with Crippen LogP contribution in [0.5, 0.6) is 5.06 Å². The quantitative estimate of drug-likeness (QED) is 0.687. The molecule has 2 N–H and O–H groups in total. The summed E-state index contributed by atoms with van der Waals surface area (Å²) < 4.78 is 0. The maximum Gasteiger partial charge on any atom is 0.195 e. The first-order valence-corrected chi connectivity index (χ1v) is 6.22. The number of aromatic nitrogens is 2. The fraction of sp³-hybridized carbons (Fsp3) is 0.154. The molecule has 0 saturated carbocycles. The second-order valence-corrected chi connectivity index (χ2v) is 5.06. The van der Waals surface area contributed by atoms with Gasteiger partial charge >= 0.3 is 0 Å². The van der Waals surface area contributed by atoms with Crippen molar-refractivity contribution in [3.05, 3.63) is 35.7 Å². The summed E-state index contributed by atoms with van der Waals surface area (Å²) in [5.41, 5.74) is 3.97. The maximum absolute atomic E-state index is 9.65. The number of nitrogens with zero attached hydrogens (tertiary/aromatic N) is 1. The van der Waals surface area contributed by atoms with Crippen LogP contribution in [0.25, 0.3) is 21.5 Å². The van der Waals surface area contributed by atoms with Crippen LogP contribution in [-0.4, -0.2) is 15.1 Å². The van der Waals surface area contributed by atoms with Crippen LogP contribution in [0.3, 0.4) is 0 Å². The summed E-state index contributed by atoms with van der Waals surface area (Å²) in [6, 6.07) is 8.14. The number of thiazole rings is 1. The molecule has 0 aliphatic heterocycles. The first-order chi connectivity index (χ1) is 8.16. The highest BCUT2D eigenvalue weighted by Gasteiger charge is 2.15. The number of fused-ring (bicyclic) bond motifs is 1. The average Bonchev–Trinajstić information content (AvgIpc) is 2.78. The Hall–Kier alpha value is -1.81. The smallest absolute Gasteiger partial charge is 0.195 e. The third-order valence-corrected chi connectivity index (χ3v) is 3.86. The van der Waals surface area contributed by atoms with Gasteiger partial charge in [0, 0.05) is 22.2 Å². The van der Waals surface area contributed by atoms with Gasteiger partial charge in [-0.1, -0.05) is 29.5 Å². The van der Waals surface area contributed by atoms with E-state index in [1.165, 1.54) is 11.3 Å². The van der Waals surface area contributed by atoms with Crippen molar-refractivity contribution in [2.75, 3.05) is 0 Å². The molecule has 0 unspecified atom stereocenters. The van der Waals surface area contributed by atoms with E-state index in [0.717, 1.165) is 27.2 Å². The Labute approximate surface area is 103 Å². The Bertz CT molecular complexity index is 677. The Morgan fingerprint density at radius 2 is 2.00 bits per heavy atom. The van der Waals surface area contributed by atoms with Gasteiger partial charge in [0.25, 0.3) is 0 Å². The van der Waals surface area contributed by atoms with Crippen LogP contribution < -0.4 is 0 Å². The van der Waals surface area contributed by atoms with Gasteiger partial charge in [-0.15, -0.1) is 0 Å². The van der Waals surface area contributed by atoms with Gasteiger partial charge in [-0.25, -0.2) is 4.98 Å². The summed E-state index contributed by atoms with van der Waals surface area (Å²) >= 11 is 1.33. The second-order valence-electron chi connectivity index (χ2n) is 4.08. The van der Waals surface area contributed by atoms with E-state index >= 15 is 0 Å². The van der Waals surface area contributed by atoms with Crippen molar-refractivity contribution in [3.8, 4) is 15.6 Å². The SMILES string of the molecule is Cc1nc(-c2c(C)[nH]c3ccccc23)sc1O. The van der Waals surface area contributed by atoms with Gasteiger partial charge < -0.3 is 10.1 Å². The molecule has 2 aromatic heterocycles. The molecule has 0 aliphatic rings. The Morgan fingerprint density at radius 1 is 1.24 bits per heavy atom. The predicted molar refractivity (Wildman–Crippen MR) is 70.5 cm³/mol. The van der Waals surface area contributed by atoms with Crippen molar-refractivity contribution in [2.24, 2.45) is 0 Å². The summed E-state index contributed by atoms with van der Waals surface area (Å²) in [5, 5.41) is 12.0. The molecule has 1 aromatic carbocycles. The molecule has 86 valence electrons. The third-order valence-electron chi connectivity index (χ3n) is 2.88. The summed E-state index contributed by atoms with van der Waals surface area (Å²) in [4.78, 5) is 7.75. The van der Waals surface area contributed by atoms with Crippen LogP contribution >= 0.6 is 11.3 Å². The number of nitrogens with one attached hydrogen (secondary N) is 1. The van der Waals surface area contributed by atoms with Gasteiger partial charge in [0.15, 0.2) is 5.06 Å². The van der Waals surface area contributed by atoms with Gasteiger partial charge in [-0.2, -0.15) is 0 Å². The minimum Gasteiger partial charge on any atom is -0.498 e. The first-order valence-electron chi connectivity index (χ1n) is 5.41. The van der Waals surface area contributed by atoms with E-state index in [9.17, 15) is 5.11 Å². The molecule has 3 nitrogen and oxygen atoms in total. The lowest BCUT2D eigenvalue weighted by Gasteiger charge is -1.95. The van der Waals surface area contributed by atoms with Gasteiger partial charge in [-0.05, 0) is 19.9 Å². The molecular formula is C13H12N2OS. The van der Waals surface area contributed by atoms with Crippen LogP contribution in [-0.2, 0) is 0 Å². The highest BCUT2D eigenvalue weighted by molar-refractivity contribution is 7.17. The number of aromatic amines is 1. The molecule has 0 spiro atoms. The van der Waals surface area contributed by atoms with Gasteiger partial charge in [0.1, 0.15) is 5.01 Å². The number of hydrogen-bond acceptors (Lipinski definition) is 3. The third kappa shape index (κ3) is 1.52. The number of rotatable bonds is 1. The standard InChI is InChI=1S/C13H12N2OS/c1-7-11(12-15-8(2)13(16)17-12)9-5-3-4-6-10(9)14-7/h3-6,14,16H,1-2H3. The number of benzene rings is 1. The van der Waals surface area contributed by atoms with Crippen molar-refractivity contribution in [1.82, 2.24) is 9.97 Å². The Morgan fingerprint density at radius 3 is 2.71 bits per heavy atom. The van der Waals surface area contributed by atoms with E-state index in [1.807, 2.05) is 32.0 Å². The van der Waals surface area contributed by atoms with Crippen molar-refractivity contribution < 1.29 is 5.11 Å². The number of aromatic hydroxyl groups is 1. The van der Waals surface area contributed by atoms with E-state index < -0.39 is 0 Å². The molecule has 0 fully saturated rings. The predicted octanol–water partition coefficient (Wildman–Crippen LogP) is 3.61. The van der Waals surface area contributed by atoms with Crippen LogP contribution in [0.15, 0.2) is 24.3 Å². The monoisotopic (exact) mass is 244 g/mol. The molecule has 0 saturated heterocycles. The molecule has 0 amide bonds. The van der Waals surface area contributed by atoms with Gasteiger partial charge in [0.2, 0.25) is 0 Å². The molecule has 0 radical (unpaired) electrons.